The number of aromatic nitrogens is 4. The van der Waals surface area contributed by atoms with E-state index in [1.165, 1.54) is 22.8 Å². The molecule has 3 aromatic heterocycles. The van der Waals surface area contributed by atoms with Crippen LogP contribution in [0.25, 0.3) is 28.0 Å². The largest absolute Gasteiger partial charge is 0.508 e. The van der Waals surface area contributed by atoms with Crippen LogP contribution >= 0.6 is 11.6 Å². The number of anilines is 1. The number of carbonyl (C=O) groups is 1. The van der Waals surface area contributed by atoms with E-state index in [9.17, 15) is 14.7 Å². The minimum atomic E-state index is -0.665. The van der Waals surface area contributed by atoms with Crippen molar-refractivity contribution in [3.05, 3.63) is 75.7 Å². The number of benzene rings is 1. The van der Waals surface area contributed by atoms with Crippen LogP contribution in [0.2, 0.25) is 5.02 Å². The fourth-order valence-corrected chi connectivity index (χ4v) is 5.96. The van der Waals surface area contributed by atoms with Crippen molar-refractivity contribution in [1.29, 1.82) is 0 Å². The molecule has 1 atom stereocenters. The number of nitrogens with zero attached hydrogens (tertiary/aromatic N) is 6. The molecule has 12 heteroatoms. The quantitative estimate of drug-likeness (QED) is 0.349. The number of aryl methyl sites for hydroxylation is 1. The lowest BCUT2D eigenvalue weighted by Crippen LogP contribution is -2.56. The Bertz CT molecular complexity index is 1840. The molecule has 4 aromatic rings. The number of carbonyl (C=O) groups excluding carboxylic acids is 1. The van der Waals surface area contributed by atoms with Crippen LogP contribution in [-0.2, 0) is 4.79 Å². The number of phenols is 1. The molecule has 1 fully saturated rings. The Labute approximate surface area is 245 Å². The number of phenolic OH excluding ortho intramolecular Hbond substituents is 1. The van der Waals surface area contributed by atoms with Crippen molar-refractivity contribution in [3.8, 4) is 28.4 Å². The molecule has 0 radical (unpaired) electrons. The lowest BCUT2D eigenvalue weighted by molar-refractivity contribution is -0.126. The smallest absolute Gasteiger partial charge is 0.355 e. The van der Waals surface area contributed by atoms with E-state index in [2.05, 4.69) is 16.5 Å². The maximum atomic E-state index is 15.2. The lowest BCUT2D eigenvalue weighted by atomic mass is 10.0. The van der Waals surface area contributed by atoms with Crippen LogP contribution in [0.1, 0.15) is 31.0 Å². The zero-order valence-corrected chi connectivity index (χ0v) is 24.0. The number of halogens is 2. The van der Waals surface area contributed by atoms with E-state index in [0.29, 0.717) is 42.2 Å². The highest BCUT2D eigenvalue weighted by Gasteiger charge is 2.37. The predicted octanol–water partition coefficient (Wildman–Crippen LogP) is 4.37. The summed E-state index contributed by atoms with van der Waals surface area (Å²) in [5.74, 6) is -0.610. The summed E-state index contributed by atoms with van der Waals surface area (Å²) in [4.78, 5) is 43.9. The molecule has 10 nitrogen and oxygen atoms in total. The second kappa shape index (κ2) is 10.4. The van der Waals surface area contributed by atoms with E-state index in [0.717, 1.165) is 11.6 Å². The molecule has 1 N–H and O–H groups in total. The summed E-state index contributed by atoms with van der Waals surface area (Å²) in [6.07, 6.45) is 2.94. The Hall–Kier alpha value is -4.51. The van der Waals surface area contributed by atoms with E-state index in [4.69, 9.17) is 21.3 Å². The van der Waals surface area contributed by atoms with E-state index in [1.807, 2.05) is 25.7 Å². The Balaban J connectivity index is 1.71. The first-order valence-corrected chi connectivity index (χ1v) is 13.9. The first-order chi connectivity index (χ1) is 20.1. The van der Waals surface area contributed by atoms with Gasteiger partial charge in [-0.05, 0) is 48.7 Å². The van der Waals surface area contributed by atoms with Crippen molar-refractivity contribution < 1.29 is 19.0 Å². The van der Waals surface area contributed by atoms with Crippen LogP contribution in [0.4, 0.5) is 10.2 Å². The van der Waals surface area contributed by atoms with Crippen molar-refractivity contribution >= 4 is 34.4 Å². The molecule has 1 saturated heterocycles. The van der Waals surface area contributed by atoms with E-state index in [1.54, 1.807) is 17.2 Å². The van der Waals surface area contributed by atoms with Crippen LogP contribution in [0.15, 0.2) is 47.9 Å². The molecule has 0 aliphatic carbocycles. The maximum absolute atomic E-state index is 15.2. The highest BCUT2D eigenvalue weighted by atomic mass is 35.5. The molecular weight excluding hydrogens is 563 g/mol. The van der Waals surface area contributed by atoms with Crippen molar-refractivity contribution in [1.82, 2.24) is 24.4 Å². The molecular formula is C30H28ClFN6O4. The summed E-state index contributed by atoms with van der Waals surface area (Å²) in [7, 11) is 0. The van der Waals surface area contributed by atoms with Gasteiger partial charge in [-0.25, -0.2) is 18.7 Å². The number of hydrogen-bond acceptors (Lipinski definition) is 8. The fourth-order valence-electron chi connectivity index (χ4n) is 5.67. The Kier molecular flexibility index (Phi) is 6.84. The molecule has 2 aliphatic rings. The molecule has 5 heterocycles. The molecule has 2 aliphatic heterocycles. The Morgan fingerprint density at radius 2 is 2.05 bits per heavy atom. The number of pyridine rings is 2. The van der Waals surface area contributed by atoms with Gasteiger partial charge in [-0.15, -0.1) is 0 Å². The number of rotatable bonds is 4. The van der Waals surface area contributed by atoms with Crippen molar-refractivity contribution in [2.24, 2.45) is 0 Å². The zero-order valence-electron chi connectivity index (χ0n) is 23.3. The van der Waals surface area contributed by atoms with Gasteiger partial charge in [0.15, 0.2) is 11.4 Å². The molecule has 0 bridgehead atoms. The molecule has 0 spiro atoms. The Morgan fingerprint density at radius 3 is 2.79 bits per heavy atom. The monoisotopic (exact) mass is 590 g/mol. The minimum absolute atomic E-state index is 0.00566. The third-order valence-electron chi connectivity index (χ3n) is 7.69. The topological polar surface area (TPSA) is 114 Å². The van der Waals surface area contributed by atoms with Crippen molar-refractivity contribution in [2.45, 2.75) is 32.7 Å². The van der Waals surface area contributed by atoms with Gasteiger partial charge < -0.3 is 19.6 Å². The van der Waals surface area contributed by atoms with Crippen LogP contribution in [-0.4, -0.2) is 67.7 Å². The summed E-state index contributed by atoms with van der Waals surface area (Å²) < 4.78 is 22.9. The molecule has 42 heavy (non-hydrogen) atoms. The normalized spacial score (nSPS) is 16.3. The average Bonchev–Trinajstić information content (AvgIpc) is 3.13. The first kappa shape index (κ1) is 27.6. The van der Waals surface area contributed by atoms with Crippen LogP contribution < -0.4 is 15.3 Å². The second-order valence-corrected chi connectivity index (χ2v) is 11.1. The van der Waals surface area contributed by atoms with Gasteiger partial charge in [-0.1, -0.05) is 32.0 Å². The van der Waals surface area contributed by atoms with Crippen LogP contribution in [0, 0.1) is 12.7 Å². The number of fused-ring (bicyclic) bond motifs is 2. The van der Waals surface area contributed by atoms with Gasteiger partial charge in [0.05, 0.1) is 23.1 Å². The van der Waals surface area contributed by atoms with Crippen LogP contribution in [0.3, 0.4) is 0 Å². The van der Waals surface area contributed by atoms with Crippen molar-refractivity contribution in [2.75, 3.05) is 31.1 Å². The third-order valence-corrected chi connectivity index (χ3v) is 8.05. The van der Waals surface area contributed by atoms with E-state index < -0.39 is 11.5 Å². The molecule has 6 rings (SSSR count). The van der Waals surface area contributed by atoms with E-state index in [-0.39, 0.29) is 57.9 Å². The van der Waals surface area contributed by atoms with Crippen LogP contribution in [0.5, 0.6) is 11.5 Å². The van der Waals surface area contributed by atoms with Gasteiger partial charge in [0.25, 0.3) is 0 Å². The third kappa shape index (κ3) is 4.35. The minimum Gasteiger partial charge on any atom is -0.508 e. The Morgan fingerprint density at radius 1 is 1.26 bits per heavy atom. The van der Waals surface area contributed by atoms with Gasteiger partial charge in [0, 0.05) is 31.4 Å². The summed E-state index contributed by atoms with van der Waals surface area (Å²) in [5, 5.41) is 10.6. The van der Waals surface area contributed by atoms with Gasteiger partial charge in [-0.2, -0.15) is 4.98 Å². The molecule has 0 saturated carbocycles. The molecule has 1 amide bonds. The number of piperazine rings is 1. The summed E-state index contributed by atoms with van der Waals surface area (Å²) in [5.41, 5.74) is 1.42. The van der Waals surface area contributed by atoms with Gasteiger partial charge in [-0.3, -0.25) is 9.78 Å². The SMILES string of the molecule is C=CC(=O)N1CCN2c3nc(=O)n(-c4c(C)ccnc4C(C)C)c4nc(-c5cc(O)ccc5F)c(Cl)c(c34)OC[C@H]2C1. The first-order valence-electron chi connectivity index (χ1n) is 13.5. The average molecular weight is 591 g/mol. The number of aromatic hydroxyl groups is 1. The zero-order chi connectivity index (χ0) is 29.9. The summed E-state index contributed by atoms with van der Waals surface area (Å²) in [6, 6.07) is 4.99. The number of amides is 1. The van der Waals surface area contributed by atoms with E-state index >= 15 is 4.39 Å². The van der Waals surface area contributed by atoms with Crippen molar-refractivity contribution in [3.63, 3.8) is 0 Å². The summed E-state index contributed by atoms with van der Waals surface area (Å²) >= 11 is 6.92. The maximum Gasteiger partial charge on any atom is 0.355 e. The standard InChI is InChI=1S/C30H28ClFN6O4/c1-5-21(40)36-10-11-37-17(13-36)14-42-27-22-28(37)35-30(41)38(26-16(4)8-9-33-24(26)15(2)3)29(22)34-25(23(27)31)19-12-18(39)6-7-20(19)32/h5-9,12,15,17,39H,1,10-11,13-14H2,2-4H3/t17-/m1/s1. The summed E-state index contributed by atoms with van der Waals surface area (Å²) in [6.45, 7) is 10.6. The molecule has 0 unspecified atom stereocenters. The molecule has 1 aromatic carbocycles. The highest BCUT2D eigenvalue weighted by molar-refractivity contribution is 6.36. The highest BCUT2D eigenvalue weighted by Crippen LogP contribution is 2.46. The predicted molar refractivity (Wildman–Crippen MR) is 157 cm³/mol. The van der Waals surface area contributed by atoms with Gasteiger partial charge in [0.1, 0.15) is 34.4 Å². The second-order valence-electron chi connectivity index (χ2n) is 10.7. The lowest BCUT2D eigenvalue weighted by Gasteiger charge is -2.40. The fraction of sp³-hybridized carbons (Fsp3) is 0.300. The molecule has 216 valence electrons. The van der Waals surface area contributed by atoms with Gasteiger partial charge in [0.2, 0.25) is 5.91 Å². The number of ether oxygens (including phenoxy) is 1. The van der Waals surface area contributed by atoms with Gasteiger partial charge >= 0.3 is 5.69 Å². The number of hydrogen-bond donors (Lipinski definition) is 1.